The van der Waals surface area contributed by atoms with E-state index in [4.69, 9.17) is 4.74 Å². The van der Waals surface area contributed by atoms with Gasteiger partial charge in [-0.25, -0.2) is 4.39 Å². The van der Waals surface area contributed by atoms with Crippen LogP contribution in [0.1, 0.15) is 12.8 Å². The highest BCUT2D eigenvalue weighted by Gasteiger charge is 2.29. The Morgan fingerprint density at radius 3 is 2.68 bits per heavy atom. The van der Waals surface area contributed by atoms with Crippen LogP contribution in [-0.4, -0.2) is 18.4 Å². The summed E-state index contributed by atoms with van der Waals surface area (Å²) < 4.78 is 19.7. The van der Waals surface area contributed by atoms with Crippen molar-refractivity contribution in [3.63, 3.8) is 0 Å². The molecule has 2 aromatic rings. The van der Waals surface area contributed by atoms with Gasteiger partial charge < -0.3 is 15.4 Å². The van der Waals surface area contributed by atoms with Gasteiger partial charge in [-0.1, -0.05) is 22.0 Å². The first-order valence-corrected chi connectivity index (χ1v) is 8.59. The molecule has 0 aliphatic heterocycles. The lowest BCUT2D eigenvalue weighted by atomic mass is 10.3. The molecule has 1 aliphatic rings. The lowest BCUT2D eigenvalue weighted by molar-refractivity contribution is -0.118. The number of halogens is 2. The van der Waals surface area contributed by atoms with Crippen molar-refractivity contribution in [3.8, 4) is 5.75 Å². The fourth-order valence-electron chi connectivity index (χ4n) is 2.18. The van der Waals surface area contributed by atoms with Gasteiger partial charge >= 0.3 is 0 Å². The number of rotatable bonds is 6. The molecule has 5 nitrogen and oxygen atoms in total. The van der Waals surface area contributed by atoms with Crippen LogP contribution in [0.2, 0.25) is 0 Å². The first-order valence-electron chi connectivity index (χ1n) is 7.80. The van der Waals surface area contributed by atoms with Gasteiger partial charge in [-0.05, 0) is 43.2 Å². The van der Waals surface area contributed by atoms with Crippen molar-refractivity contribution in [2.24, 2.45) is 5.92 Å². The summed E-state index contributed by atoms with van der Waals surface area (Å²) in [7, 11) is 0. The molecule has 1 saturated carbocycles. The Kier molecular flexibility index (Phi) is 5.33. The van der Waals surface area contributed by atoms with Crippen LogP contribution < -0.4 is 15.4 Å². The van der Waals surface area contributed by atoms with Gasteiger partial charge in [0.05, 0.1) is 5.69 Å². The number of carbonyl (C=O) groups is 2. The van der Waals surface area contributed by atoms with Crippen molar-refractivity contribution in [1.82, 2.24) is 0 Å². The predicted molar refractivity (Wildman–Crippen MR) is 96.0 cm³/mol. The number of hydrogen-bond donors (Lipinski definition) is 2. The van der Waals surface area contributed by atoms with E-state index in [1.165, 1.54) is 12.1 Å². The first kappa shape index (κ1) is 17.4. The molecule has 0 atom stereocenters. The van der Waals surface area contributed by atoms with E-state index in [0.717, 1.165) is 12.8 Å². The van der Waals surface area contributed by atoms with Crippen LogP contribution >= 0.6 is 15.9 Å². The molecule has 3 rings (SSSR count). The average Bonchev–Trinajstić information content (AvgIpc) is 3.41. The second kappa shape index (κ2) is 7.65. The highest BCUT2D eigenvalue weighted by molar-refractivity contribution is 9.10. The number of ether oxygens (including phenoxy) is 1. The largest absolute Gasteiger partial charge is 0.484 e. The van der Waals surface area contributed by atoms with Crippen LogP contribution in [0.5, 0.6) is 5.75 Å². The molecule has 0 radical (unpaired) electrons. The van der Waals surface area contributed by atoms with Gasteiger partial charge in [0.1, 0.15) is 11.6 Å². The molecule has 0 saturated heterocycles. The van der Waals surface area contributed by atoms with Crippen LogP contribution in [0, 0.1) is 11.7 Å². The zero-order chi connectivity index (χ0) is 17.8. The number of amides is 2. The minimum absolute atomic E-state index is 0.000562. The van der Waals surface area contributed by atoms with E-state index < -0.39 is 11.7 Å². The summed E-state index contributed by atoms with van der Waals surface area (Å²) >= 11 is 3.15. The van der Waals surface area contributed by atoms with Gasteiger partial charge in [-0.15, -0.1) is 0 Å². The first-order chi connectivity index (χ1) is 12.0. The molecule has 130 valence electrons. The molecular formula is C18H16BrFN2O3. The quantitative estimate of drug-likeness (QED) is 0.762. The van der Waals surface area contributed by atoms with Gasteiger partial charge in [-0.2, -0.15) is 0 Å². The topological polar surface area (TPSA) is 67.4 Å². The summed E-state index contributed by atoms with van der Waals surface area (Å²) in [6, 6.07) is 11.2. The van der Waals surface area contributed by atoms with Crippen molar-refractivity contribution in [2.45, 2.75) is 12.8 Å². The zero-order valence-corrected chi connectivity index (χ0v) is 14.8. The van der Waals surface area contributed by atoms with Gasteiger partial charge in [0.2, 0.25) is 5.91 Å². The van der Waals surface area contributed by atoms with Crippen molar-refractivity contribution >= 4 is 39.1 Å². The summed E-state index contributed by atoms with van der Waals surface area (Å²) in [4.78, 5) is 23.7. The predicted octanol–water partition coefficient (Wildman–Crippen LogP) is 3.95. The standard InChI is InChI=1S/C18H16BrFN2O3/c19-12-6-7-16(15(20)8-12)22-17(23)10-25-14-3-1-2-13(9-14)21-18(24)11-4-5-11/h1-3,6-9,11H,4-5,10H2,(H,21,24)(H,22,23). The summed E-state index contributed by atoms with van der Waals surface area (Å²) in [5.41, 5.74) is 0.705. The zero-order valence-electron chi connectivity index (χ0n) is 13.2. The Labute approximate surface area is 152 Å². The number of carbonyl (C=O) groups excluding carboxylic acids is 2. The lowest BCUT2D eigenvalue weighted by Crippen LogP contribution is -2.21. The minimum Gasteiger partial charge on any atom is -0.484 e. The van der Waals surface area contributed by atoms with E-state index in [1.54, 1.807) is 30.3 Å². The van der Waals surface area contributed by atoms with Crippen LogP contribution in [0.4, 0.5) is 15.8 Å². The summed E-state index contributed by atoms with van der Waals surface area (Å²) in [6.07, 6.45) is 1.85. The monoisotopic (exact) mass is 406 g/mol. The fraction of sp³-hybridized carbons (Fsp3) is 0.222. The normalized spacial score (nSPS) is 13.2. The smallest absolute Gasteiger partial charge is 0.262 e. The molecule has 0 bridgehead atoms. The minimum atomic E-state index is -0.535. The van der Waals surface area contributed by atoms with Crippen LogP contribution in [0.3, 0.4) is 0 Å². The molecular weight excluding hydrogens is 391 g/mol. The molecule has 2 N–H and O–H groups in total. The highest BCUT2D eigenvalue weighted by Crippen LogP contribution is 2.30. The van der Waals surface area contributed by atoms with E-state index in [2.05, 4.69) is 26.6 Å². The second-order valence-corrected chi connectivity index (χ2v) is 6.67. The van der Waals surface area contributed by atoms with Gasteiger partial charge in [0, 0.05) is 22.1 Å². The lowest BCUT2D eigenvalue weighted by Gasteiger charge is -2.10. The molecule has 2 amide bonds. The fourth-order valence-corrected chi connectivity index (χ4v) is 2.51. The van der Waals surface area contributed by atoms with Gasteiger partial charge in [0.25, 0.3) is 5.91 Å². The highest BCUT2D eigenvalue weighted by atomic mass is 79.9. The number of benzene rings is 2. The Balaban J connectivity index is 1.53. The maximum atomic E-state index is 13.7. The summed E-state index contributed by atoms with van der Waals surface area (Å²) in [5, 5.41) is 5.26. The van der Waals surface area contributed by atoms with Crippen molar-refractivity contribution in [3.05, 3.63) is 52.8 Å². The maximum Gasteiger partial charge on any atom is 0.262 e. The molecule has 0 heterocycles. The SMILES string of the molecule is O=C(COc1cccc(NC(=O)C2CC2)c1)Nc1ccc(Br)cc1F. The number of nitrogens with one attached hydrogen (secondary N) is 2. The Morgan fingerprint density at radius 2 is 1.96 bits per heavy atom. The van der Waals surface area contributed by atoms with Gasteiger partial charge in [-0.3, -0.25) is 9.59 Å². The molecule has 0 unspecified atom stereocenters. The van der Waals surface area contributed by atoms with Crippen molar-refractivity contribution in [1.29, 1.82) is 0 Å². The maximum absolute atomic E-state index is 13.7. The number of hydrogen-bond acceptors (Lipinski definition) is 3. The van der Waals surface area contributed by atoms with E-state index in [0.29, 0.717) is 15.9 Å². The Hall–Kier alpha value is -2.41. The summed E-state index contributed by atoms with van der Waals surface area (Å²) in [6.45, 7) is -0.268. The van der Waals surface area contributed by atoms with E-state index >= 15 is 0 Å². The third-order valence-electron chi connectivity index (χ3n) is 3.62. The van der Waals surface area contributed by atoms with Gasteiger partial charge in [0.15, 0.2) is 6.61 Å². The molecule has 1 fully saturated rings. The third kappa shape index (κ3) is 5.03. The number of anilines is 2. The van der Waals surface area contributed by atoms with Crippen molar-refractivity contribution in [2.75, 3.05) is 17.2 Å². The molecule has 2 aromatic carbocycles. The van der Waals surface area contributed by atoms with Crippen LogP contribution in [0.25, 0.3) is 0 Å². The molecule has 7 heteroatoms. The molecule has 0 spiro atoms. The molecule has 1 aliphatic carbocycles. The Bertz CT molecular complexity index is 809. The van der Waals surface area contributed by atoms with Crippen molar-refractivity contribution < 1.29 is 18.7 Å². The van der Waals surface area contributed by atoms with E-state index in [-0.39, 0.29) is 24.1 Å². The van der Waals surface area contributed by atoms with E-state index in [1.807, 2.05) is 0 Å². The van der Waals surface area contributed by atoms with Crippen LogP contribution in [-0.2, 0) is 9.59 Å². The van der Waals surface area contributed by atoms with E-state index in [9.17, 15) is 14.0 Å². The average molecular weight is 407 g/mol. The molecule has 25 heavy (non-hydrogen) atoms. The third-order valence-corrected chi connectivity index (χ3v) is 4.12. The van der Waals surface area contributed by atoms with Crippen LogP contribution in [0.15, 0.2) is 46.9 Å². The Morgan fingerprint density at radius 1 is 1.16 bits per heavy atom. The summed E-state index contributed by atoms with van der Waals surface area (Å²) in [5.74, 6) is -0.460. The molecule has 0 aromatic heterocycles. The second-order valence-electron chi connectivity index (χ2n) is 5.75.